The Kier molecular flexibility index (Phi) is 2.65. The molecule has 0 bridgehead atoms. The van der Waals surface area contributed by atoms with Gasteiger partial charge in [-0.3, -0.25) is 0 Å². The number of aliphatic hydroxyl groups excluding tert-OH is 1. The molecule has 0 spiro atoms. The van der Waals surface area contributed by atoms with Gasteiger partial charge < -0.3 is 19.7 Å². The van der Waals surface area contributed by atoms with E-state index in [4.69, 9.17) is 14.6 Å². The van der Waals surface area contributed by atoms with Gasteiger partial charge in [0.1, 0.15) is 5.75 Å². The Hall–Kier alpha value is -1.10. The first-order chi connectivity index (χ1) is 7.15. The lowest BCUT2D eigenvalue weighted by atomic mass is 10.0. The molecular weight excluding hydrogens is 196 g/mol. The minimum absolute atomic E-state index is 0.0860. The van der Waals surface area contributed by atoms with E-state index in [2.05, 4.69) is 0 Å². The van der Waals surface area contributed by atoms with Crippen molar-refractivity contribution in [3.05, 3.63) is 29.3 Å². The number of aliphatic hydroxyl groups is 1. The summed E-state index contributed by atoms with van der Waals surface area (Å²) in [5, 5.41) is 18.4. The largest absolute Gasteiger partial charge is 0.508 e. The first-order valence-electron chi connectivity index (χ1n) is 4.87. The minimum Gasteiger partial charge on any atom is -0.508 e. The van der Waals surface area contributed by atoms with Gasteiger partial charge in [0.05, 0.1) is 19.8 Å². The molecule has 1 aliphatic rings. The van der Waals surface area contributed by atoms with Crippen molar-refractivity contribution in [3.63, 3.8) is 0 Å². The van der Waals surface area contributed by atoms with E-state index >= 15 is 0 Å². The van der Waals surface area contributed by atoms with Crippen molar-refractivity contribution in [2.45, 2.75) is 19.3 Å². The molecule has 82 valence electrons. The molecule has 0 saturated carbocycles. The van der Waals surface area contributed by atoms with Crippen LogP contribution >= 0.6 is 0 Å². The van der Waals surface area contributed by atoms with E-state index in [1.54, 1.807) is 12.1 Å². The molecule has 1 aromatic rings. The molecule has 0 aromatic heterocycles. The molecule has 1 saturated heterocycles. The maximum Gasteiger partial charge on any atom is 0.192 e. The van der Waals surface area contributed by atoms with E-state index in [0.29, 0.717) is 18.8 Å². The summed E-state index contributed by atoms with van der Waals surface area (Å²) in [6.07, 6.45) is 0. The van der Waals surface area contributed by atoms with Gasteiger partial charge in [0.2, 0.25) is 0 Å². The Labute approximate surface area is 88.1 Å². The molecule has 2 N–H and O–H groups in total. The second-order valence-electron chi connectivity index (χ2n) is 3.64. The quantitative estimate of drug-likeness (QED) is 0.767. The fourth-order valence-electron chi connectivity index (χ4n) is 1.68. The Morgan fingerprint density at radius 1 is 1.33 bits per heavy atom. The van der Waals surface area contributed by atoms with Gasteiger partial charge in [0.15, 0.2) is 5.79 Å². The summed E-state index contributed by atoms with van der Waals surface area (Å²) >= 11 is 0. The topological polar surface area (TPSA) is 58.9 Å². The van der Waals surface area contributed by atoms with Crippen LogP contribution in [0.25, 0.3) is 0 Å². The van der Waals surface area contributed by atoms with Gasteiger partial charge in [-0.1, -0.05) is 0 Å². The predicted molar refractivity (Wildman–Crippen MR) is 53.3 cm³/mol. The van der Waals surface area contributed by atoms with Crippen LogP contribution in [0.15, 0.2) is 18.2 Å². The van der Waals surface area contributed by atoms with E-state index in [1.807, 2.05) is 6.92 Å². The average Bonchev–Trinajstić information content (AvgIpc) is 2.67. The van der Waals surface area contributed by atoms with E-state index in [-0.39, 0.29) is 12.4 Å². The lowest BCUT2D eigenvalue weighted by Gasteiger charge is -2.23. The molecule has 1 heterocycles. The Morgan fingerprint density at radius 2 is 2.00 bits per heavy atom. The van der Waals surface area contributed by atoms with Gasteiger partial charge in [-0.15, -0.1) is 0 Å². The number of rotatable bonds is 2. The van der Waals surface area contributed by atoms with E-state index in [1.165, 1.54) is 6.07 Å². The summed E-state index contributed by atoms with van der Waals surface area (Å²) < 4.78 is 11.0. The molecule has 0 unspecified atom stereocenters. The van der Waals surface area contributed by atoms with Crippen LogP contribution in [-0.2, 0) is 21.9 Å². The number of hydrogen-bond donors (Lipinski definition) is 2. The molecular formula is C11H14O4. The molecule has 2 rings (SSSR count). The standard InChI is InChI=1S/C11H14O4/c1-11(14-4-5-15-11)9-2-3-10(13)8(6-9)7-12/h2-3,6,12-13H,4-5,7H2,1H3. The summed E-state index contributed by atoms with van der Waals surface area (Å²) in [7, 11) is 0. The van der Waals surface area contributed by atoms with Gasteiger partial charge in [0.25, 0.3) is 0 Å². The van der Waals surface area contributed by atoms with Gasteiger partial charge in [0, 0.05) is 11.1 Å². The van der Waals surface area contributed by atoms with Crippen LogP contribution in [0.1, 0.15) is 18.1 Å². The number of benzene rings is 1. The molecule has 15 heavy (non-hydrogen) atoms. The van der Waals surface area contributed by atoms with Crippen molar-refractivity contribution in [1.29, 1.82) is 0 Å². The lowest BCUT2D eigenvalue weighted by molar-refractivity contribution is -0.149. The van der Waals surface area contributed by atoms with E-state index in [0.717, 1.165) is 5.56 Å². The number of aromatic hydroxyl groups is 1. The monoisotopic (exact) mass is 210 g/mol. The number of ether oxygens (including phenoxy) is 2. The third-order valence-electron chi connectivity index (χ3n) is 2.61. The zero-order chi connectivity index (χ0) is 10.9. The highest BCUT2D eigenvalue weighted by Crippen LogP contribution is 2.33. The molecule has 0 amide bonds. The Morgan fingerprint density at radius 3 is 2.60 bits per heavy atom. The zero-order valence-corrected chi connectivity index (χ0v) is 8.56. The normalized spacial score (nSPS) is 19.3. The van der Waals surface area contributed by atoms with Gasteiger partial charge in [-0.2, -0.15) is 0 Å². The van der Waals surface area contributed by atoms with Crippen LogP contribution in [0.3, 0.4) is 0 Å². The lowest BCUT2D eigenvalue weighted by Crippen LogP contribution is -2.22. The van der Waals surface area contributed by atoms with E-state index < -0.39 is 5.79 Å². The van der Waals surface area contributed by atoms with Crippen molar-refractivity contribution < 1.29 is 19.7 Å². The van der Waals surface area contributed by atoms with Crippen molar-refractivity contribution in [2.75, 3.05) is 13.2 Å². The molecule has 4 heteroatoms. The molecule has 0 radical (unpaired) electrons. The second kappa shape index (κ2) is 3.81. The molecule has 1 aliphatic heterocycles. The first kappa shape index (κ1) is 10.4. The highest BCUT2D eigenvalue weighted by molar-refractivity contribution is 5.37. The van der Waals surface area contributed by atoms with Gasteiger partial charge in [-0.05, 0) is 25.1 Å². The van der Waals surface area contributed by atoms with Crippen LogP contribution in [0, 0.1) is 0 Å². The summed E-state index contributed by atoms with van der Waals surface area (Å²) in [4.78, 5) is 0. The highest BCUT2D eigenvalue weighted by Gasteiger charge is 2.33. The van der Waals surface area contributed by atoms with Crippen molar-refractivity contribution in [2.24, 2.45) is 0 Å². The fraction of sp³-hybridized carbons (Fsp3) is 0.455. The molecule has 0 aliphatic carbocycles. The smallest absolute Gasteiger partial charge is 0.192 e. The summed E-state index contributed by atoms with van der Waals surface area (Å²) in [6.45, 7) is 2.75. The third kappa shape index (κ3) is 1.84. The van der Waals surface area contributed by atoms with Crippen LogP contribution < -0.4 is 0 Å². The van der Waals surface area contributed by atoms with Gasteiger partial charge >= 0.3 is 0 Å². The van der Waals surface area contributed by atoms with Crippen molar-refractivity contribution >= 4 is 0 Å². The highest BCUT2D eigenvalue weighted by atomic mass is 16.7. The van der Waals surface area contributed by atoms with Crippen LogP contribution in [0.4, 0.5) is 0 Å². The van der Waals surface area contributed by atoms with Crippen LogP contribution in [-0.4, -0.2) is 23.4 Å². The van der Waals surface area contributed by atoms with Crippen LogP contribution in [0.5, 0.6) is 5.75 Å². The van der Waals surface area contributed by atoms with Crippen molar-refractivity contribution in [3.8, 4) is 5.75 Å². The third-order valence-corrected chi connectivity index (χ3v) is 2.61. The predicted octanol–water partition coefficient (Wildman–Crippen LogP) is 1.10. The Bertz CT molecular complexity index is 356. The second-order valence-corrected chi connectivity index (χ2v) is 3.64. The van der Waals surface area contributed by atoms with Gasteiger partial charge in [-0.25, -0.2) is 0 Å². The fourth-order valence-corrected chi connectivity index (χ4v) is 1.68. The Balaban J connectivity index is 2.36. The molecule has 1 fully saturated rings. The summed E-state index contributed by atoms with van der Waals surface area (Å²) in [5.74, 6) is -0.666. The maximum atomic E-state index is 9.42. The first-order valence-corrected chi connectivity index (χ1v) is 4.87. The average molecular weight is 210 g/mol. The maximum absolute atomic E-state index is 9.42. The number of hydrogen-bond acceptors (Lipinski definition) is 4. The zero-order valence-electron chi connectivity index (χ0n) is 8.56. The summed E-state index contributed by atoms with van der Waals surface area (Å²) in [5.41, 5.74) is 1.29. The minimum atomic E-state index is -0.752. The van der Waals surface area contributed by atoms with E-state index in [9.17, 15) is 5.11 Å². The SMILES string of the molecule is CC1(c2ccc(O)c(CO)c2)OCCO1. The van der Waals surface area contributed by atoms with Crippen LogP contribution in [0.2, 0.25) is 0 Å². The number of phenols is 1. The molecule has 1 aromatic carbocycles. The molecule has 4 nitrogen and oxygen atoms in total. The summed E-state index contributed by atoms with van der Waals surface area (Å²) in [6, 6.07) is 4.97. The van der Waals surface area contributed by atoms with Crippen molar-refractivity contribution in [1.82, 2.24) is 0 Å². The molecule has 0 atom stereocenters.